The minimum absolute atomic E-state index is 0.0351. The lowest BCUT2D eigenvalue weighted by Crippen LogP contribution is -2.48. The van der Waals surface area contributed by atoms with Gasteiger partial charge in [-0.15, -0.1) is 0 Å². The van der Waals surface area contributed by atoms with Crippen LogP contribution < -0.4 is 5.32 Å². The molecule has 57 heavy (non-hydrogen) atoms. The Morgan fingerprint density at radius 3 is 1.91 bits per heavy atom. The molecule has 5 rings (SSSR count). The first-order valence-corrected chi connectivity index (χ1v) is 18.6. The number of hydrogen-bond donors (Lipinski definition) is 1. The zero-order valence-electron chi connectivity index (χ0n) is 32.5. The van der Waals surface area contributed by atoms with Gasteiger partial charge < -0.3 is 29.0 Å². The predicted molar refractivity (Wildman–Crippen MR) is 210 cm³/mol. The van der Waals surface area contributed by atoms with Gasteiger partial charge in [-0.2, -0.15) is 0 Å². The molecule has 0 radical (unpaired) electrons. The topological polar surface area (TPSA) is 116 Å². The second-order valence-electron chi connectivity index (χ2n) is 14.7. The lowest BCUT2D eigenvalue weighted by Gasteiger charge is -2.41. The minimum Gasteiger partial charge on any atom is -0.459 e. The summed E-state index contributed by atoms with van der Waals surface area (Å²) in [6.45, 7) is 6.38. The van der Waals surface area contributed by atoms with Gasteiger partial charge in [-0.25, -0.2) is 18.4 Å². The molecule has 2 amide bonds. The van der Waals surface area contributed by atoms with E-state index in [1.807, 2.05) is 67.8 Å². The Morgan fingerprint density at radius 1 is 0.754 bits per heavy atom. The molecule has 1 aromatic heterocycles. The summed E-state index contributed by atoms with van der Waals surface area (Å²) in [6.07, 6.45) is 0.711. The van der Waals surface area contributed by atoms with E-state index in [0.29, 0.717) is 17.8 Å². The molecule has 1 N–H and O–H groups in total. The normalized spacial score (nSPS) is 12.2. The summed E-state index contributed by atoms with van der Waals surface area (Å²) in [6, 6.07) is 30.4. The molecule has 0 bridgehead atoms. The molecule has 2 atom stereocenters. The third kappa shape index (κ3) is 12.1. The number of amides is 2. The summed E-state index contributed by atoms with van der Waals surface area (Å²) >= 11 is 0. The van der Waals surface area contributed by atoms with Crippen molar-refractivity contribution >= 4 is 23.9 Å². The Kier molecular flexibility index (Phi) is 14.3. The molecular formula is C45H47F2N3O7. The number of hydrogen-bond acceptors (Lipinski definition) is 7. The molecule has 0 aliphatic carbocycles. The van der Waals surface area contributed by atoms with Gasteiger partial charge in [0.1, 0.15) is 30.9 Å². The summed E-state index contributed by atoms with van der Waals surface area (Å²) in [4.78, 5) is 54.5. The molecule has 0 aliphatic rings. The number of esters is 2. The smallest absolute Gasteiger partial charge is 0.408 e. The highest BCUT2D eigenvalue weighted by Crippen LogP contribution is 2.41. The van der Waals surface area contributed by atoms with Crippen LogP contribution in [0, 0.1) is 17.0 Å². The Labute approximate surface area is 331 Å². The van der Waals surface area contributed by atoms with Crippen LogP contribution in [-0.4, -0.2) is 52.6 Å². The first kappa shape index (κ1) is 41.9. The van der Waals surface area contributed by atoms with Crippen LogP contribution in [-0.2, 0) is 48.4 Å². The van der Waals surface area contributed by atoms with Crippen molar-refractivity contribution in [2.24, 2.45) is 5.41 Å². The first-order chi connectivity index (χ1) is 27.3. The lowest BCUT2D eigenvalue weighted by molar-refractivity contribution is -0.153. The SMILES string of the molecule is CC(=O)OCC(=O)N(CCC(NC(=O)OCc1ccccc1)C(=O)OCc1ccccc1)C(c1cc(-c2cc(F)ccc2F)cn1Cc1ccccc1)C(C)(C)C. The Bertz CT molecular complexity index is 2120. The van der Waals surface area contributed by atoms with Crippen molar-refractivity contribution in [1.29, 1.82) is 0 Å². The van der Waals surface area contributed by atoms with Crippen molar-refractivity contribution < 1.29 is 42.2 Å². The zero-order chi connectivity index (χ0) is 41.0. The second kappa shape index (κ2) is 19.5. The molecule has 0 fully saturated rings. The molecule has 4 aromatic carbocycles. The van der Waals surface area contributed by atoms with Gasteiger partial charge >= 0.3 is 18.0 Å². The molecular weight excluding hydrogens is 733 g/mol. The lowest BCUT2D eigenvalue weighted by atomic mass is 9.82. The number of aromatic nitrogens is 1. The number of nitrogens with one attached hydrogen (secondary N) is 1. The fraction of sp³-hybridized carbons (Fsp3) is 0.289. The summed E-state index contributed by atoms with van der Waals surface area (Å²) < 4.78 is 47.9. The third-order valence-electron chi connectivity index (χ3n) is 9.17. The van der Waals surface area contributed by atoms with E-state index in [-0.39, 0.29) is 31.7 Å². The average Bonchev–Trinajstić information content (AvgIpc) is 3.59. The van der Waals surface area contributed by atoms with E-state index in [4.69, 9.17) is 14.2 Å². The van der Waals surface area contributed by atoms with Gasteiger partial charge in [0.05, 0.1) is 6.04 Å². The van der Waals surface area contributed by atoms with Gasteiger partial charge in [-0.3, -0.25) is 9.59 Å². The van der Waals surface area contributed by atoms with Crippen molar-refractivity contribution in [1.82, 2.24) is 14.8 Å². The van der Waals surface area contributed by atoms with E-state index in [0.717, 1.165) is 34.9 Å². The molecule has 5 aromatic rings. The maximum Gasteiger partial charge on any atom is 0.408 e. The molecule has 0 aliphatic heterocycles. The molecule has 10 nitrogen and oxygen atoms in total. The van der Waals surface area contributed by atoms with E-state index in [9.17, 15) is 23.6 Å². The van der Waals surface area contributed by atoms with Gasteiger partial charge in [-0.05, 0) is 52.8 Å². The van der Waals surface area contributed by atoms with Crippen LogP contribution in [0.2, 0.25) is 0 Å². The number of ether oxygens (including phenoxy) is 3. The van der Waals surface area contributed by atoms with Crippen LogP contribution in [0.15, 0.2) is 121 Å². The molecule has 12 heteroatoms. The maximum atomic E-state index is 15.3. The van der Waals surface area contributed by atoms with Crippen molar-refractivity contribution in [2.45, 2.75) is 66.0 Å². The number of carbonyl (C=O) groups is 4. The standard InChI is InChI=1S/C45H47F2N3O7/c1-31(51)55-30-41(52)50(23-22-39(43(53)56-28-33-16-10-6-11-17-33)48-44(54)57-29-34-18-12-7-13-19-34)42(45(2,3)4)40-24-35(37-25-36(46)20-21-38(37)47)27-49(40)26-32-14-8-5-9-15-32/h5-21,24-25,27,39,42H,22-23,26,28-30H2,1-4H3,(H,48,54). The Balaban J connectivity index is 1.52. The number of nitrogens with zero attached hydrogens (tertiary/aromatic N) is 2. The number of alkyl carbamates (subject to hydrolysis) is 1. The van der Waals surface area contributed by atoms with Crippen LogP contribution in [0.1, 0.15) is 62.5 Å². The van der Waals surface area contributed by atoms with Gasteiger partial charge in [0, 0.05) is 43.0 Å². The van der Waals surface area contributed by atoms with E-state index in [1.165, 1.54) is 11.8 Å². The molecule has 1 heterocycles. The third-order valence-corrected chi connectivity index (χ3v) is 9.17. The molecule has 0 saturated heterocycles. The summed E-state index contributed by atoms with van der Waals surface area (Å²) in [5.41, 5.74) is 2.62. The number of carbonyl (C=O) groups excluding carboxylic acids is 4. The second-order valence-corrected chi connectivity index (χ2v) is 14.7. The van der Waals surface area contributed by atoms with Gasteiger partial charge in [-0.1, -0.05) is 112 Å². The van der Waals surface area contributed by atoms with Crippen molar-refractivity contribution in [3.8, 4) is 11.1 Å². The predicted octanol–water partition coefficient (Wildman–Crippen LogP) is 8.39. The van der Waals surface area contributed by atoms with E-state index < -0.39 is 59.7 Å². The van der Waals surface area contributed by atoms with E-state index >= 15 is 4.39 Å². The quantitative estimate of drug-likeness (QED) is 0.0790. The summed E-state index contributed by atoms with van der Waals surface area (Å²) in [5.74, 6) is -3.26. The molecule has 0 spiro atoms. The number of halogens is 2. The van der Waals surface area contributed by atoms with Gasteiger partial charge in [0.15, 0.2) is 6.61 Å². The van der Waals surface area contributed by atoms with Gasteiger partial charge in [0.2, 0.25) is 0 Å². The highest BCUT2D eigenvalue weighted by Gasteiger charge is 2.38. The van der Waals surface area contributed by atoms with Crippen molar-refractivity contribution in [3.05, 3.63) is 155 Å². The zero-order valence-corrected chi connectivity index (χ0v) is 32.5. The fourth-order valence-corrected chi connectivity index (χ4v) is 6.51. The van der Waals surface area contributed by atoms with Crippen LogP contribution in [0.5, 0.6) is 0 Å². The Morgan fingerprint density at radius 2 is 1.33 bits per heavy atom. The summed E-state index contributed by atoms with van der Waals surface area (Å²) in [5, 5.41) is 2.63. The van der Waals surface area contributed by atoms with Crippen LogP contribution in [0.4, 0.5) is 13.6 Å². The number of rotatable bonds is 16. The highest BCUT2D eigenvalue weighted by atomic mass is 19.1. The monoisotopic (exact) mass is 779 g/mol. The molecule has 298 valence electrons. The summed E-state index contributed by atoms with van der Waals surface area (Å²) in [7, 11) is 0. The fourth-order valence-electron chi connectivity index (χ4n) is 6.51. The average molecular weight is 780 g/mol. The van der Waals surface area contributed by atoms with Crippen molar-refractivity contribution in [2.75, 3.05) is 13.2 Å². The van der Waals surface area contributed by atoms with E-state index in [1.54, 1.807) is 60.8 Å². The molecule has 0 saturated carbocycles. The van der Waals surface area contributed by atoms with Crippen LogP contribution in [0.25, 0.3) is 11.1 Å². The minimum atomic E-state index is -1.27. The first-order valence-electron chi connectivity index (χ1n) is 18.6. The van der Waals surface area contributed by atoms with Crippen LogP contribution in [0.3, 0.4) is 0 Å². The van der Waals surface area contributed by atoms with Crippen molar-refractivity contribution in [3.63, 3.8) is 0 Å². The highest BCUT2D eigenvalue weighted by molar-refractivity contribution is 5.82. The molecule has 2 unspecified atom stereocenters. The van der Waals surface area contributed by atoms with Crippen LogP contribution >= 0.6 is 0 Å². The number of benzene rings is 4. The Hall–Kier alpha value is -6.30. The van der Waals surface area contributed by atoms with Gasteiger partial charge in [0.25, 0.3) is 5.91 Å². The van der Waals surface area contributed by atoms with E-state index in [2.05, 4.69) is 5.32 Å². The largest absolute Gasteiger partial charge is 0.459 e. The maximum absolute atomic E-state index is 15.3.